The SMILES string of the molecule is CCC(NC(C)Cn1cccn1)C(=O)O. The highest BCUT2D eigenvalue weighted by molar-refractivity contribution is 5.73. The number of aliphatic carboxylic acids is 1. The number of nitrogens with zero attached hydrogens (tertiary/aromatic N) is 2. The lowest BCUT2D eigenvalue weighted by Crippen LogP contribution is -2.43. The Kier molecular flexibility index (Phi) is 4.30. The standard InChI is InChI=1S/C10H17N3O2/c1-3-9(10(14)15)12-8(2)7-13-6-4-5-11-13/h4-6,8-9,12H,3,7H2,1-2H3,(H,14,15). The van der Waals surface area contributed by atoms with Gasteiger partial charge in [-0.25, -0.2) is 0 Å². The van der Waals surface area contributed by atoms with Crippen LogP contribution in [-0.4, -0.2) is 32.9 Å². The third kappa shape index (κ3) is 3.71. The summed E-state index contributed by atoms with van der Waals surface area (Å²) < 4.78 is 1.78. The Morgan fingerprint density at radius 1 is 1.67 bits per heavy atom. The maximum absolute atomic E-state index is 10.8. The summed E-state index contributed by atoms with van der Waals surface area (Å²) in [5.74, 6) is -0.801. The van der Waals surface area contributed by atoms with Crippen LogP contribution in [0.2, 0.25) is 0 Å². The molecule has 0 aliphatic rings. The van der Waals surface area contributed by atoms with Gasteiger partial charge in [0.25, 0.3) is 0 Å². The van der Waals surface area contributed by atoms with Crippen LogP contribution < -0.4 is 5.32 Å². The maximum atomic E-state index is 10.8. The summed E-state index contributed by atoms with van der Waals surface area (Å²) >= 11 is 0. The van der Waals surface area contributed by atoms with E-state index >= 15 is 0 Å². The van der Waals surface area contributed by atoms with Gasteiger partial charge >= 0.3 is 5.97 Å². The molecule has 2 N–H and O–H groups in total. The van der Waals surface area contributed by atoms with Crippen LogP contribution in [0, 0.1) is 0 Å². The topological polar surface area (TPSA) is 67.2 Å². The highest BCUT2D eigenvalue weighted by atomic mass is 16.4. The molecule has 2 unspecified atom stereocenters. The lowest BCUT2D eigenvalue weighted by atomic mass is 10.2. The fourth-order valence-electron chi connectivity index (χ4n) is 1.45. The van der Waals surface area contributed by atoms with E-state index in [1.807, 2.05) is 26.1 Å². The molecule has 5 heteroatoms. The van der Waals surface area contributed by atoms with Crippen molar-refractivity contribution < 1.29 is 9.90 Å². The molecule has 0 fully saturated rings. The van der Waals surface area contributed by atoms with Gasteiger partial charge in [-0.1, -0.05) is 6.92 Å². The first-order valence-corrected chi connectivity index (χ1v) is 5.09. The van der Waals surface area contributed by atoms with Crippen LogP contribution in [0.3, 0.4) is 0 Å². The molecule has 0 bridgehead atoms. The molecule has 1 aromatic heterocycles. The summed E-state index contributed by atoms with van der Waals surface area (Å²) in [6.45, 7) is 4.48. The molecule has 0 aromatic carbocycles. The quantitative estimate of drug-likeness (QED) is 0.727. The number of carbonyl (C=O) groups is 1. The maximum Gasteiger partial charge on any atom is 0.320 e. The van der Waals surface area contributed by atoms with E-state index in [4.69, 9.17) is 5.11 Å². The molecule has 1 rings (SSSR count). The van der Waals surface area contributed by atoms with E-state index < -0.39 is 12.0 Å². The summed E-state index contributed by atoms with van der Waals surface area (Å²) in [4.78, 5) is 10.8. The summed E-state index contributed by atoms with van der Waals surface area (Å²) in [5, 5.41) is 16.0. The van der Waals surface area contributed by atoms with Gasteiger partial charge in [-0.3, -0.25) is 9.48 Å². The van der Waals surface area contributed by atoms with E-state index in [1.54, 1.807) is 10.9 Å². The first-order valence-electron chi connectivity index (χ1n) is 5.09. The van der Waals surface area contributed by atoms with E-state index in [1.165, 1.54) is 0 Å². The second-order valence-electron chi connectivity index (χ2n) is 3.59. The Morgan fingerprint density at radius 2 is 2.40 bits per heavy atom. The average Bonchev–Trinajstić information content (AvgIpc) is 2.66. The van der Waals surface area contributed by atoms with Gasteiger partial charge in [-0.2, -0.15) is 5.10 Å². The number of hydrogen-bond acceptors (Lipinski definition) is 3. The molecule has 84 valence electrons. The number of carboxylic acid groups (broad SMARTS) is 1. The Labute approximate surface area is 89.1 Å². The Hall–Kier alpha value is -1.36. The molecule has 15 heavy (non-hydrogen) atoms. The zero-order valence-corrected chi connectivity index (χ0v) is 9.05. The lowest BCUT2D eigenvalue weighted by molar-refractivity contribution is -0.139. The zero-order valence-electron chi connectivity index (χ0n) is 9.05. The fourth-order valence-corrected chi connectivity index (χ4v) is 1.45. The summed E-state index contributed by atoms with van der Waals surface area (Å²) in [7, 11) is 0. The van der Waals surface area contributed by atoms with Crippen LogP contribution in [0.4, 0.5) is 0 Å². The normalized spacial score (nSPS) is 14.8. The number of nitrogens with one attached hydrogen (secondary N) is 1. The molecule has 0 radical (unpaired) electrons. The van der Waals surface area contributed by atoms with Crippen molar-refractivity contribution in [2.75, 3.05) is 0 Å². The van der Waals surface area contributed by atoms with Gasteiger partial charge < -0.3 is 10.4 Å². The highest BCUT2D eigenvalue weighted by Gasteiger charge is 2.17. The first-order chi connectivity index (χ1) is 7.13. The van der Waals surface area contributed by atoms with Crippen molar-refractivity contribution in [2.24, 2.45) is 0 Å². The van der Waals surface area contributed by atoms with Gasteiger partial charge in [-0.15, -0.1) is 0 Å². The van der Waals surface area contributed by atoms with Gasteiger partial charge in [0.1, 0.15) is 6.04 Å². The van der Waals surface area contributed by atoms with Crippen LogP contribution in [0.15, 0.2) is 18.5 Å². The van der Waals surface area contributed by atoms with Crippen LogP contribution in [0.5, 0.6) is 0 Å². The third-order valence-electron chi connectivity index (χ3n) is 2.21. The van der Waals surface area contributed by atoms with Crippen LogP contribution in [0.25, 0.3) is 0 Å². The van der Waals surface area contributed by atoms with Crippen molar-refractivity contribution in [1.29, 1.82) is 0 Å². The number of hydrogen-bond donors (Lipinski definition) is 2. The monoisotopic (exact) mass is 211 g/mol. The van der Waals surface area contributed by atoms with Crippen molar-refractivity contribution in [1.82, 2.24) is 15.1 Å². The van der Waals surface area contributed by atoms with Gasteiger partial charge in [-0.05, 0) is 19.4 Å². The molecule has 0 aliphatic heterocycles. The predicted molar refractivity (Wildman–Crippen MR) is 56.5 cm³/mol. The van der Waals surface area contributed by atoms with E-state index in [0.717, 1.165) is 0 Å². The van der Waals surface area contributed by atoms with E-state index in [9.17, 15) is 4.79 Å². The third-order valence-corrected chi connectivity index (χ3v) is 2.21. The minimum absolute atomic E-state index is 0.0888. The minimum Gasteiger partial charge on any atom is -0.480 e. The van der Waals surface area contributed by atoms with Crippen LogP contribution in [-0.2, 0) is 11.3 Å². The van der Waals surface area contributed by atoms with Crippen molar-refractivity contribution >= 4 is 5.97 Å². The Morgan fingerprint density at radius 3 is 2.87 bits per heavy atom. The lowest BCUT2D eigenvalue weighted by Gasteiger charge is -2.18. The number of rotatable bonds is 6. The minimum atomic E-state index is -0.801. The zero-order chi connectivity index (χ0) is 11.3. The molecular weight excluding hydrogens is 194 g/mol. The smallest absolute Gasteiger partial charge is 0.320 e. The Balaban J connectivity index is 2.41. The van der Waals surface area contributed by atoms with Crippen molar-refractivity contribution in [3.8, 4) is 0 Å². The van der Waals surface area contributed by atoms with Crippen molar-refractivity contribution in [3.05, 3.63) is 18.5 Å². The second-order valence-corrected chi connectivity index (χ2v) is 3.59. The van der Waals surface area contributed by atoms with E-state index in [-0.39, 0.29) is 6.04 Å². The van der Waals surface area contributed by atoms with Gasteiger partial charge in [0.15, 0.2) is 0 Å². The molecule has 0 spiro atoms. The van der Waals surface area contributed by atoms with Crippen molar-refractivity contribution in [3.63, 3.8) is 0 Å². The molecule has 0 amide bonds. The molecule has 0 saturated heterocycles. The average molecular weight is 211 g/mol. The highest BCUT2D eigenvalue weighted by Crippen LogP contribution is 1.96. The van der Waals surface area contributed by atoms with Gasteiger partial charge in [0, 0.05) is 18.4 Å². The molecule has 5 nitrogen and oxygen atoms in total. The molecule has 2 atom stereocenters. The van der Waals surface area contributed by atoms with Crippen molar-refractivity contribution in [2.45, 2.75) is 38.9 Å². The molecule has 0 aliphatic carbocycles. The first kappa shape index (κ1) is 11.7. The molecule has 0 saturated carbocycles. The summed E-state index contributed by atoms with van der Waals surface area (Å²) in [6.07, 6.45) is 4.15. The predicted octanol–water partition coefficient (Wildman–Crippen LogP) is 0.724. The molecular formula is C10H17N3O2. The molecule has 1 heterocycles. The van der Waals surface area contributed by atoms with Crippen LogP contribution in [0.1, 0.15) is 20.3 Å². The Bertz CT molecular complexity index is 298. The molecule has 1 aromatic rings. The van der Waals surface area contributed by atoms with Crippen LogP contribution >= 0.6 is 0 Å². The number of aromatic nitrogens is 2. The second kappa shape index (κ2) is 5.50. The largest absolute Gasteiger partial charge is 0.480 e. The van der Waals surface area contributed by atoms with Gasteiger partial charge in [0.05, 0.1) is 6.54 Å². The summed E-state index contributed by atoms with van der Waals surface area (Å²) in [6, 6.07) is 1.46. The number of carboxylic acids is 1. The van der Waals surface area contributed by atoms with Gasteiger partial charge in [0.2, 0.25) is 0 Å². The fraction of sp³-hybridized carbons (Fsp3) is 0.600. The van der Waals surface area contributed by atoms with E-state index in [0.29, 0.717) is 13.0 Å². The summed E-state index contributed by atoms with van der Waals surface area (Å²) in [5.41, 5.74) is 0. The van der Waals surface area contributed by atoms with E-state index in [2.05, 4.69) is 10.4 Å².